The number of thiol groups is 1. The number of carbonyl (C=O) groups is 7. The molecule has 0 saturated carbocycles. The normalized spacial score (nSPS) is 21.5. The zero-order chi connectivity index (χ0) is 35.2. The number of alkyl halides is 2. The number of rotatable bonds is 13. The summed E-state index contributed by atoms with van der Waals surface area (Å²) in [6.07, 6.45) is -1.51. The fourth-order valence-electron chi connectivity index (χ4n) is 5.83. The molecule has 0 spiro atoms. The Morgan fingerprint density at radius 3 is 2.50 bits per heavy atom. The lowest BCUT2D eigenvalue weighted by Gasteiger charge is -2.22. The van der Waals surface area contributed by atoms with Crippen molar-refractivity contribution >= 4 is 54.0 Å². The first-order valence-electron chi connectivity index (χ1n) is 15.2. The molecule has 3 aliphatic rings. The zero-order valence-corrected chi connectivity index (χ0v) is 26.6. The highest BCUT2D eigenvalue weighted by atomic mass is 32.1. The van der Waals surface area contributed by atoms with E-state index in [1.54, 1.807) is 24.3 Å². The van der Waals surface area contributed by atoms with Crippen LogP contribution in [0, 0.1) is 17.2 Å². The van der Waals surface area contributed by atoms with Crippen molar-refractivity contribution in [1.29, 1.82) is 5.26 Å². The first-order chi connectivity index (χ1) is 22.7. The van der Waals surface area contributed by atoms with Gasteiger partial charge in [0, 0.05) is 69.1 Å². The van der Waals surface area contributed by atoms with E-state index in [2.05, 4.69) is 33.9 Å². The van der Waals surface area contributed by atoms with Crippen LogP contribution in [0.4, 0.5) is 8.78 Å². The Hall–Kier alpha value is -4.79. The molecule has 0 aliphatic carbocycles. The minimum absolute atomic E-state index is 0.0600. The summed E-state index contributed by atoms with van der Waals surface area (Å²) in [4.78, 5) is 88.7. The molecule has 4 rings (SSSR count). The van der Waals surface area contributed by atoms with Crippen LogP contribution in [-0.2, 0) is 41.9 Å². The van der Waals surface area contributed by atoms with E-state index < -0.39 is 84.3 Å². The van der Waals surface area contributed by atoms with Crippen LogP contribution >= 0.6 is 12.6 Å². The average molecular weight is 692 g/mol. The Balaban J connectivity index is 1.22. The standard InChI is InChI=1S/C30H35F2N7O8S/c31-30(32)10-18(11-33)39(15-30)28(45)21-8-17(26(43)37-21)9-25(42)38-12-16-2-1-3-19(20(16)13-38)27(44)35-7-6-34-23(40)4-5-24(41)36-22(14-48)29(46)47/h1-3,17-18,21-22,48H,4-10,12-15H2,(H,34,40)(H,35,44)(H,36,41)(H,37,43)(H,46,47)/t17-,18-,21-,22?/m0/s1. The quantitative estimate of drug-likeness (QED) is 0.114. The van der Waals surface area contributed by atoms with Crippen molar-refractivity contribution in [2.24, 2.45) is 5.92 Å². The molecule has 3 heterocycles. The molecule has 18 heteroatoms. The van der Waals surface area contributed by atoms with Gasteiger partial charge in [-0.25, -0.2) is 13.6 Å². The smallest absolute Gasteiger partial charge is 0.327 e. The highest BCUT2D eigenvalue weighted by Crippen LogP contribution is 2.34. The summed E-state index contributed by atoms with van der Waals surface area (Å²) in [6, 6.07) is 3.13. The Bertz CT molecular complexity index is 1540. The zero-order valence-electron chi connectivity index (χ0n) is 25.7. The molecule has 4 atom stereocenters. The number of carboxylic acids is 1. The van der Waals surface area contributed by atoms with Gasteiger partial charge >= 0.3 is 5.97 Å². The van der Waals surface area contributed by atoms with Crippen molar-refractivity contribution in [3.63, 3.8) is 0 Å². The lowest BCUT2D eigenvalue weighted by Crippen LogP contribution is -2.46. The van der Waals surface area contributed by atoms with Crippen LogP contribution in [0.3, 0.4) is 0 Å². The number of halogens is 2. The fraction of sp³-hybridized carbons (Fsp3) is 0.533. The predicted octanol–water partition coefficient (Wildman–Crippen LogP) is -0.691. The number of carbonyl (C=O) groups excluding carboxylic acids is 6. The second-order valence-corrected chi connectivity index (χ2v) is 12.2. The number of fused-ring (bicyclic) bond motifs is 1. The molecule has 258 valence electrons. The van der Waals surface area contributed by atoms with Crippen molar-refractivity contribution in [2.75, 3.05) is 25.4 Å². The van der Waals surface area contributed by atoms with Gasteiger partial charge in [-0.05, 0) is 23.6 Å². The van der Waals surface area contributed by atoms with Gasteiger partial charge in [0.1, 0.15) is 18.1 Å². The molecule has 1 aromatic carbocycles. The number of carboxylic acid groups (broad SMARTS) is 1. The van der Waals surface area contributed by atoms with Gasteiger partial charge < -0.3 is 36.2 Å². The maximum Gasteiger partial charge on any atom is 0.327 e. The van der Waals surface area contributed by atoms with Gasteiger partial charge in [0.05, 0.1) is 12.6 Å². The van der Waals surface area contributed by atoms with Crippen molar-refractivity contribution in [2.45, 2.75) is 69.2 Å². The number of nitriles is 1. The Labute approximate surface area is 279 Å². The van der Waals surface area contributed by atoms with Crippen molar-refractivity contribution in [3.05, 3.63) is 34.9 Å². The number of likely N-dealkylation sites (tertiary alicyclic amines) is 1. The van der Waals surface area contributed by atoms with Crippen LogP contribution < -0.4 is 21.3 Å². The third-order valence-electron chi connectivity index (χ3n) is 8.34. The second-order valence-electron chi connectivity index (χ2n) is 11.8. The lowest BCUT2D eigenvalue weighted by molar-refractivity contribution is -0.141. The van der Waals surface area contributed by atoms with Crippen LogP contribution in [0.5, 0.6) is 0 Å². The molecule has 3 aliphatic heterocycles. The summed E-state index contributed by atoms with van der Waals surface area (Å²) in [7, 11) is 0. The number of hydrogen-bond donors (Lipinski definition) is 6. The molecule has 1 unspecified atom stereocenters. The first kappa shape index (κ1) is 36.1. The van der Waals surface area contributed by atoms with Crippen LogP contribution in [0.2, 0.25) is 0 Å². The van der Waals surface area contributed by atoms with E-state index in [-0.39, 0.29) is 57.6 Å². The number of aliphatic carboxylic acids is 1. The summed E-state index contributed by atoms with van der Waals surface area (Å²) >= 11 is 3.85. The first-order valence-corrected chi connectivity index (χ1v) is 15.8. The molecular formula is C30H35F2N7O8S. The van der Waals surface area contributed by atoms with E-state index in [9.17, 15) is 47.6 Å². The second kappa shape index (κ2) is 15.4. The van der Waals surface area contributed by atoms with Gasteiger partial charge in [0.25, 0.3) is 11.8 Å². The Morgan fingerprint density at radius 1 is 1.10 bits per heavy atom. The highest BCUT2D eigenvalue weighted by molar-refractivity contribution is 7.80. The summed E-state index contributed by atoms with van der Waals surface area (Å²) in [6.45, 7) is -0.513. The van der Waals surface area contributed by atoms with Gasteiger partial charge in [0.2, 0.25) is 29.5 Å². The number of amides is 6. The Kier molecular flexibility index (Phi) is 11.6. The molecule has 2 saturated heterocycles. The SMILES string of the molecule is N#C[C@@H]1CC(F)(F)CN1C(=O)[C@@H]1C[C@@H](CC(=O)N2Cc3cccc(C(=O)NCCNC(=O)CCC(=O)NC(CS)C(=O)O)c3C2)C(=O)N1. The van der Waals surface area contributed by atoms with Gasteiger partial charge in [-0.2, -0.15) is 17.9 Å². The number of benzene rings is 1. The van der Waals surface area contributed by atoms with Gasteiger partial charge in [-0.3, -0.25) is 28.8 Å². The van der Waals surface area contributed by atoms with E-state index >= 15 is 0 Å². The third kappa shape index (κ3) is 8.76. The van der Waals surface area contributed by atoms with E-state index in [0.717, 1.165) is 10.5 Å². The van der Waals surface area contributed by atoms with Crippen LogP contribution in [0.25, 0.3) is 0 Å². The highest BCUT2D eigenvalue weighted by Gasteiger charge is 2.50. The topological polar surface area (TPSA) is 218 Å². The van der Waals surface area contributed by atoms with E-state index in [1.807, 2.05) is 0 Å². The van der Waals surface area contributed by atoms with Crippen LogP contribution in [0.1, 0.15) is 53.6 Å². The molecule has 0 aromatic heterocycles. The van der Waals surface area contributed by atoms with E-state index in [0.29, 0.717) is 11.1 Å². The van der Waals surface area contributed by atoms with Gasteiger partial charge in [-0.15, -0.1) is 0 Å². The minimum Gasteiger partial charge on any atom is -0.480 e. The molecule has 48 heavy (non-hydrogen) atoms. The van der Waals surface area contributed by atoms with Crippen molar-refractivity contribution in [3.8, 4) is 6.07 Å². The maximum atomic E-state index is 13.8. The summed E-state index contributed by atoms with van der Waals surface area (Å²) < 4.78 is 27.7. The number of hydrogen-bond acceptors (Lipinski definition) is 9. The monoisotopic (exact) mass is 691 g/mol. The molecule has 0 radical (unpaired) electrons. The number of nitrogens with one attached hydrogen (secondary N) is 4. The largest absolute Gasteiger partial charge is 0.480 e. The molecule has 6 amide bonds. The lowest BCUT2D eigenvalue weighted by atomic mass is 9.99. The molecule has 2 fully saturated rings. The van der Waals surface area contributed by atoms with Crippen LogP contribution in [0.15, 0.2) is 18.2 Å². The Morgan fingerprint density at radius 2 is 1.81 bits per heavy atom. The molecule has 0 bridgehead atoms. The predicted molar refractivity (Wildman–Crippen MR) is 164 cm³/mol. The van der Waals surface area contributed by atoms with Crippen molar-refractivity contribution < 1.29 is 47.4 Å². The van der Waals surface area contributed by atoms with Gasteiger partial charge in [-0.1, -0.05) is 12.1 Å². The van der Waals surface area contributed by atoms with Crippen LogP contribution in [-0.4, -0.2) is 106 Å². The summed E-state index contributed by atoms with van der Waals surface area (Å²) in [5, 5.41) is 28.1. The summed E-state index contributed by atoms with van der Waals surface area (Å²) in [5.74, 6) is -8.68. The van der Waals surface area contributed by atoms with Crippen molar-refractivity contribution in [1.82, 2.24) is 31.1 Å². The van der Waals surface area contributed by atoms with Gasteiger partial charge in [0.15, 0.2) is 0 Å². The van der Waals surface area contributed by atoms with E-state index in [4.69, 9.17) is 5.11 Å². The fourth-order valence-corrected chi connectivity index (χ4v) is 6.08. The molecule has 15 nitrogen and oxygen atoms in total. The average Bonchev–Trinajstić information content (AvgIpc) is 3.74. The third-order valence-corrected chi connectivity index (χ3v) is 8.70. The maximum absolute atomic E-state index is 13.8. The molecule has 1 aromatic rings. The molecular weight excluding hydrogens is 656 g/mol. The van der Waals surface area contributed by atoms with E-state index in [1.165, 1.54) is 4.90 Å². The summed E-state index contributed by atoms with van der Waals surface area (Å²) in [5.41, 5.74) is 1.66. The molecule has 5 N–H and O–H groups in total. The number of nitrogens with zero attached hydrogens (tertiary/aromatic N) is 3. The minimum atomic E-state index is -3.20.